The van der Waals surface area contributed by atoms with Gasteiger partial charge in [0.05, 0.1) is 0 Å². The quantitative estimate of drug-likeness (QED) is 0.394. The molecule has 1 radical (unpaired) electrons. The fourth-order valence-electron chi connectivity index (χ4n) is 2.38. The van der Waals surface area contributed by atoms with Gasteiger partial charge in [0.25, 0.3) is 0 Å². The van der Waals surface area contributed by atoms with Crippen LogP contribution in [0.2, 0.25) is 0 Å². The molecule has 2 heterocycles. The Morgan fingerprint density at radius 3 is 2.50 bits per heavy atom. The average molecular weight is 463 g/mol. The number of pyridine rings is 1. The van der Waals surface area contributed by atoms with Crippen molar-refractivity contribution in [3.63, 3.8) is 0 Å². The summed E-state index contributed by atoms with van der Waals surface area (Å²) in [6.45, 7) is 0. The molecular formula is C19H12IrNO-. The third-order valence-corrected chi connectivity index (χ3v) is 3.44. The number of nitrogens with zero attached hydrogens (tertiary/aromatic N) is 1. The van der Waals surface area contributed by atoms with Crippen LogP contribution < -0.4 is 0 Å². The molecule has 22 heavy (non-hydrogen) atoms. The zero-order valence-corrected chi connectivity index (χ0v) is 14.0. The molecule has 4 rings (SSSR count). The zero-order chi connectivity index (χ0) is 14.1. The molecule has 2 aromatic carbocycles. The van der Waals surface area contributed by atoms with Crippen LogP contribution in [0.15, 0.2) is 77.3 Å². The standard InChI is InChI=1S/C19H12NO.Ir/c1-3-7-14(8-4-1)17-12-19-16(13-20-17)11-18(21-19)15-9-5-2-6-10-15;/h1-7,9-13H;/q-1;. The summed E-state index contributed by atoms with van der Waals surface area (Å²) in [6.07, 6.45) is 1.85. The first-order chi connectivity index (χ1) is 10.4. The van der Waals surface area contributed by atoms with Gasteiger partial charge in [-0.25, -0.2) is 0 Å². The average Bonchev–Trinajstić information content (AvgIpc) is 2.99. The van der Waals surface area contributed by atoms with Crippen molar-refractivity contribution in [3.8, 4) is 22.6 Å². The maximum Gasteiger partial charge on any atom is 0.135 e. The van der Waals surface area contributed by atoms with E-state index in [0.717, 1.165) is 33.6 Å². The van der Waals surface area contributed by atoms with Crippen LogP contribution in [0.4, 0.5) is 0 Å². The van der Waals surface area contributed by atoms with E-state index in [9.17, 15) is 0 Å². The molecule has 2 nitrogen and oxygen atoms in total. The van der Waals surface area contributed by atoms with Gasteiger partial charge in [-0.05, 0) is 17.8 Å². The van der Waals surface area contributed by atoms with Crippen LogP contribution in [0.25, 0.3) is 33.6 Å². The van der Waals surface area contributed by atoms with E-state index in [0.29, 0.717) is 0 Å². The number of rotatable bonds is 2. The predicted molar refractivity (Wildman–Crippen MR) is 83.7 cm³/mol. The number of hydrogen-bond acceptors (Lipinski definition) is 2. The second kappa shape index (κ2) is 6.27. The zero-order valence-electron chi connectivity index (χ0n) is 11.6. The molecule has 4 aromatic rings. The Hall–Kier alpha value is -2.22. The van der Waals surface area contributed by atoms with E-state index in [1.807, 2.05) is 72.9 Å². The Morgan fingerprint density at radius 1 is 0.909 bits per heavy atom. The summed E-state index contributed by atoms with van der Waals surface area (Å²) in [5.41, 5.74) is 3.76. The van der Waals surface area contributed by atoms with Crippen LogP contribution in [0.5, 0.6) is 0 Å². The molecule has 0 N–H and O–H groups in total. The van der Waals surface area contributed by atoms with Gasteiger partial charge in [0, 0.05) is 37.3 Å². The van der Waals surface area contributed by atoms with Crippen molar-refractivity contribution in [2.24, 2.45) is 0 Å². The number of aromatic nitrogens is 1. The molecule has 0 amide bonds. The molecule has 0 atom stereocenters. The van der Waals surface area contributed by atoms with Gasteiger partial charge >= 0.3 is 0 Å². The van der Waals surface area contributed by atoms with E-state index < -0.39 is 0 Å². The topological polar surface area (TPSA) is 26.0 Å². The summed E-state index contributed by atoms with van der Waals surface area (Å²) in [5, 5.41) is 1.01. The van der Waals surface area contributed by atoms with Crippen molar-refractivity contribution in [1.82, 2.24) is 4.98 Å². The summed E-state index contributed by atoms with van der Waals surface area (Å²) >= 11 is 0. The van der Waals surface area contributed by atoms with Gasteiger partial charge in [-0.15, -0.1) is 35.9 Å². The molecule has 2 aromatic heterocycles. The minimum absolute atomic E-state index is 0. The van der Waals surface area contributed by atoms with Crippen molar-refractivity contribution in [1.29, 1.82) is 0 Å². The Kier molecular flexibility index (Phi) is 4.19. The number of benzene rings is 2. The summed E-state index contributed by atoms with van der Waals surface area (Å²) in [6, 6.07) is 25.1. The Balaban J connectivity index is 0.00000144. The summed E-state index contributed by atoms with van der Waals surface area (Å²) in [4.78, 5) is 4.49. The van der Waals surface area contributed by atoms with Gasteiger partial charge in [0.2, 0.25) is 0 Å². The van der Waals surface area contributed by atoms with Gasteiger partial charge in [-0.2, -0.15) is 0 Å². The Morgan fingerprint density at radius 2 is 1.73 bits per heavy atom. The molecule has 0 fully saturated rings. The SMILES string of the molecule is [Ir].[c-]1ccccc1-c1cc2oc(-c3ccccc3)cc2cn1. The molecule has 0 saturated heterocycles. The third-order valence-electron chi connectivity index (χ3n) is 3.44. The Bertz CT molecular complexity index is 848. The molecule has 0 unspecified atom stereocenters. The maximum atomic E-state index is 5.96. The predicted octanol–water partition coefficient (Wildman–Crippen LogP) is 4.96. The molecule has 3 heteroatoms. The van der Waals surface area contributed by atoms with Crippen molar-refractivity contribution in [2.45, 2.75) is 0 Å². The van der Waals surface area contributed by atoms with Crippen molar-refractivity contribution in [2.75, 3.05) is 0 Å². The van der Waals surface area contributed by atoms with Crippen LogP contribution in [0.1, 0.15) is 0 Å². The number of furan rings is 1. The van der Waals surface area contributed by atoms with Gasteiger partial charge in [0.15, 0.2) is 0 Å². The number of fused-ring (bicyclic) bond motifs is 1. The van der Waals surface area contributed by atoms with Crippen LogP contribution in [0.3, 0.4) is 0 Å². The van der Waals surface area contributed by atoms with Crippen LogP contribution in [-0.2, 0) is 20.1 Å². The summed E-state index contributed by atoms with van der Waals surface area (Å²) < 4.78 is 5.96. The molecule has 0 spiro atoms. The van der Waals surface area contributed by atoms with E-state index in [1.165, 1.54) is 0 Å². The van der Waals surface area contributed by atoms with E-state index in [4.69, 9.17) is 4.42 Å². The van der Waals surface area contributed by atoms with E-state index in [1.54, 1.807) is 0 Å². The van der Waals surface area contributed by atoms with E-state index in [2.05, 4.69) is 11.1 Å². The Labute approximate surface area is 142 Å². The van der Waals surface area contributed by atoms with Crippen LogP contribution in [-0.4, -0.2) is 4.98 Å². The van der Waals surface area contributed by atoms with Crippen LogP contribution >= 0.6 is 0 Å². The molecule has 0 aliphatic rings. The van der Waals surface area contributed by atoms with Crippen LogP contribution in [0, 0.1) is 6.07 Å². The fraction of sp³-hybridized carbons (Fsp3) is 0. The molecular weight excluding hydrogens is 450 g/mol. The fourth-order valence-corrected chi connectivity index (χ4v) is 2.38. The number of hydrogen-bond donors (Lipinski definition) is 0. The maximum absolute atomic E-state index is 5.96. The van der Waals surface area contributed by atoms with Gasteiger partial charge in [0.1, 0.15) is 11.3 Å². The third kappa shape index (κ3) is 2.74. The largest absolute Gasteiger partial charge is 0.457 e. The van der Waals surface area contributed by atoms with Crippen molar-refractivity contribution >= 4 is 11.0 Å². The molecule has 0 aliphatic heterocycles. The van der Waals surface area contributed by atoms with Gasteiger partial charge in [-0.1, -0.05) is 30.3 Å². The van der Waals surface area contributed by atoms with E-state index in [-0.39, 0.29) is 20.1 Å². The van der Waals surface area contributed by atoms with Gasteiger partial charge in [-0.3, -0.25) is 0 Å². The summed E-state index contributed by atoms with van der Waals surface area (Å²) in [5.74, 6) is 0.863. The second-order valence-corrected chi connectivity index (χ2v) is 4.86. The molecule has 0 bridgehead atoms. The molecule has 0 saturated carbocycles. The van der Waals surface area contributed by atoms with E-state index >= 15 is 0 Å². The molecule has 0 aliphatic carbocycles. The normalized spacial score (nSPS) is 10.4. The monoisotopic (exact) mass is 463 g/mol. The van der Waals surface area contributed by atoms with Crippen molar-refractivity contribution in [3.05, 3.63) is 79.0 Å². The first-order valence-electron chi connectivity index (χ1n) is 6.82. The molecule has 109 valence electrons. The van der Waals surface area contributed by atoms with Gasteiger partial charge < -0.3 is 9.40 Å². The summed E-state index contributed by atoms with van der Waals surface area (Å²) in [7, 11) is 0. The first kappa shape index (κ1) is 14.7. The second-order valence-electron chi connectivity index (χ2n) is 4.86. The minimum atomic E-state index is 0. The smallest absolute Gasteiger partial charge is 0.135 e. The van der Waals surface area contributed by atoms with Crippen molar-refractivity contribution < 1.29 is 24.5 Å². The minimum Gasteiger partial charge on any atom is -0.457 e. The first-order valence-corrected chi connectivity index (χ1v) is 6.82.